The normalized spacial score (nSPS) is 10.9. The van der Waals surface area contributed by atoms with Crippen LogP contribution in [-0.2, 0) is 12.8 Å². The summed E-state index contributed by atoms with van der Waals surface area (Å²) in [5.74, 6) is 0. The zero-order valence-corrected chi connectivity index (χ0v) is 9.80. The number of aryl methyl sites for hydroxylation is 3. The van der Waals surface area contributed by atoms with Crippen LogP contribution in [0.25, 0.3) is 10.8 Å². The van der Waals surface area contributed by atoms with Crippen molar-refractivity contribution in [1.29, 1.82) is 0 Å². The summed E-state index contributed by atoms with van der Waals surface area (Å²) in [6, 6.07) is 11.4. The summed E-state index contributed by atoms with van der Waals surface area (Å²) in [5, 5.41) is 2.75. The van der Waals surface area contributed by atoms with E-state index in [0.717, 1.165) is 12.8 Å². The number of hydrogen-bond acceptors (Lipinski definition) is 0. The highest BCUT2D eigenvalue weighted by atomic mass is 14.1. The molecule has 0 saturated carbocycles. The van der Waals surface area contributed by atoms with Crippen LogP contribution in [0.1, 0.15) is 30.5 Å². The first-order chi connectivity index (χ1) is 7.24. The molecule has 0 nitrogen and oxygen atoms in total. The number of benzene rings is 2. The second kappa shape index (κ2) is 4.06. The fourth-order valence-corrected chi connectivity index (χ4v) is 2.11. The summed E-state index contributed by atoms with van der Waals surface area (Å²) in [4.78, 5) is 0. The minimum Gasteiger partial charge on any atom is -0.0613 e. The van der Waals surface area contributed by atoms with E-state index in [1.807, 2.05) is 0 Å². The summed E-state index contributed by atoms with van der Waals surface area (Å²) >= 11 is 0. The molecule has 2 aromatic rings. The van der Waals surface area contributed by atoms with E-state index in [2.05, 4.69) is 51.1 Å². The van der Waals surface area contributed by atoms with Gasteiger partial charge < -0.3 is 0 Å². The van der Waals surface area contributed by atoms with Gasteiger partial charge in [0.15, 0.2) is 0 Å². The average Bonchev–Trinajstić information content (AvgIpc) is 2.27. The third kappa shape index (κ3) is 1.90. The highest BCUT2D eigenvalue weighted by molar-refractivity contribution is 5.84. The van der Waals surface area contributed by atoms with Gasteiger partial charge in [0.2, 0.25) is 0 Å². The van der Waals surface area contributed by atoms with Gasteiger partial charge in [-0.25, -0.2) is 0 Å². The molecule has 0 bridgehead atoms. The summed E-state index contributed by atoms with van der Waals surface area (Å²) in [6.45, 7) is 6.62. The summed E-state index contributed by atoms with van der Waals surface area (Å²) < 4.78 is 0. The van der Waals surface area contributed by atoms with Crippen LogP contribution in [0.2, 0.25) is 0 Å². The van der Waals surface area contributed by atoms with Crippen LogP contribution >= 0.6 is 0 Å². The van der Waals surface area contributed by atoms with Crippen molar-refractivity contribution in [1.82, 2.24) is 0 Å². The zero-order chi connectivity index (χ0) is 10.8. The number of fused-ring (bicyclic) bond motifs is 1. The smallest absolute Gasteiger partial charge is 0.0178 e. The molecule has 0 fully saturated rings. The van der Waals surface area contributed by atoms with Crippen LogP contribution in [0.5, 0.6) is 0 Å². The van der Waals surface area contributed by atoms with Gasteiger partial charge in [0.05, 0.1) is 0 Å². The lowest BCUT2D eigenvalue weighted by Crippen LogP contribution is -1.88. The SMILES string of the molecule is CCc1ccc2cc(CC)c(C)cc2c1. The molecule has 0 unspecified atom stereocenters. The molecule has 0 N–H and O–H groups in total. The lowest BCUT2D eigenvalue weighted by atomic mass is 9.98. The first-order valence-electron chi connectivity index (χ1n) is 5.76. The van der Waals surface area contributed by atoms with E-state index in [1.54, 1.807) is 0 Å². The Hall–Kier alpha value is -1.30. The van der Waals surface area contributed by atoms with Gasteiger partial charge in [-0.15, -0.1) is 0 Å². The van der Waals surface area contributed by atoms with E-state index in [1.165, 1.54) is 27.5 Å². The molecule has 0 aliphatic carbocycles. The maximum atomic E-state index is 2.32. The maximum Gasteiger partial charge on any atom is -0.0178 e. The van der Waals surface area contributed by atoms with Crippen molar-refractivity contribution >= 4 is 10.8 Å². The van der Waals surface area contributed by atoms with Gasteiger partial charge in [-0.3, -0.25) is 0 Å². The predicted octanol–water partition coefficient (Wildman–Crippen LogP) is 4.27. The van der Waals surface area contributed by atoms with Gasteiger partial charge in [0.1, 0.15) is 0 Å². The molecule has 0 aliphatic rings. The van der Waals surface area contributed by atoms with Crippen LogP contribution in [0.15, 0.2) is 30.3 Å². The largest absolute Gasteiger partial charge is 0.0613 e. The predicted molar refractivity (Wildman–Crippen MR) is 67.4 cm³/mol. The van der Waals surface area contributed by atoms with E-state index < -0.39 is 0 Å². The Bertz CT molecular complexity index is 481. The van der Waals surface area contributed by atoms with Crippen molar-refractivity contribution in [3.8, 4) is 0 Å². The molecule has 0 saturated heterocycles. The topological polar surface area (TPSA) is 0 Å². The van der Waals surface area contributed by atoms with Gasteiger partial charge in [0, 0.05) is 0 Å². The molecule has 0 spiro atoms. The molecule has 2 rings (SSSR count). The Kier molecular flexibility index (Phi) is 2.77. The standard InChI is InChI=1S/C15H18/c1-4-12-6-7-14-10-13(5-2)11(3)8-15(14)9-12/h6-10H,4-5H2,1-3H3. The monoisotopic (exact) mass is 198 g/mol. The van der Waals surface area contributed by atoms with Crippen LogP contribution in [0.3, 0.4) is 0 Å². The average molecular weight is 198 g/mol. The van der Waals surface area contributed by atoms with Gasteiger partial charge in [0.25, 0.3) is 0 Å². The molecule has 0 aliphatic heterocycles. The quantitative estimate of drug-likeness (QED) is 0.676. The van der Waals surface area contributed by atoms with Gasteiger partial charge in [-0.1, -0.05) is 44.2 Å². The molecule has 0 radical (unpaired) electrons. The molecular formula is C15H18. The molecule has 0 amide bonds. The third-order valence-electron chi connectivity index (χ3n) is 3.15. The minimum atomic E-state index is 1.12. The Labute approximate surface area is 91.9 Å². The van der Waals surface area contributed by atoms with Gasteiger partial charge >= 0.3 is 0 Å². The fraction of sp³-hybridized carbons (Fsp3) is 0.333. The molecular weight excluding hydrogens is 180 g/mol. The summed E-state index contributed by atoms with van der Waals surface area (Å²) in [7, 11) is 0. The van der Waals surface area contributed by atoms with Crippen LogP contribution in [-0.4, -0.2) is 0 Å². The molecule has 2 aromatic carbocycles. The number of rotatable bonds is 2. The Morgan fingerprint density at radius 2 is 1.67 bits per heavy atom. The highest BCUT2D eigenvalue weighted by Gasteiger charge is 2.00. The van der Waals surface area contributed by atoms with E-state index in [0.29, 0.717) is 0 Å². The molecule has 15 heavy (non-hydrogen) atoms. The summed E-state index contributed by atoms with van der Waals surface area (Å²) in [6.07, 6.45) is 2.24. The van der Waals surface area contributed by atoms with Crippen molar-refractivity contribution in [2.24, 2.45) is 0 Å². The Balaban J connectivity index is 2.65. The third-order valence-corrected chi connectivity index (χ3v) is 3.15. The first-order valence-corrected chi connectivity index (χ1v) is 5.76. The van der Waals surface area contributed by atoms with Crippen molar-refractivity contribution in [2.75, 3.05) is 0 Å². The van der Waals surface area contributed by atoms with Gasteiger partial charge in [-0.2, -0.15) is 0 Å². The van der Waals surface area contributed by atoms with E-state index in [-0.39, 0.29) is 0 Å². The molecule has 78 valence electrons. The Morgan fingerprint density at radius 1 is 0.867 bits per heavy atom. The fourth-order valence-electron chi connectivity index (χ4n) is 2.11. The molecule has 0 atom stereocenters. The zero-order valence-electron chi connectivity index (χ0n) is 9.80. The van der Waals surface area contributed by atoms with Gasteiger partial charge in [-0.05, 0) is 47.2 Å². The van der Waals surface area contributed by atoms with Crippen molar-refractivity contribution in [3.05, 3.63) is 47.0 Å². The Morgan fingerprint density at radius 3 is 2.33 bits per heavy atom. The second-order valence-electron chi connectivity index (χ2n) is 4.17. The van der Waals surface area contributed by atoms with Crippen molar-refractivity contribution < 1.29 is 0 Å². The number of hydrogen-bond donors (Lipinski definition) is 0. The maximum absolute atomic E-state index is 2.32. The van der Waals surface area contributed by atoms with Crippen molar-refractivity contribution in [3.63, 3.8) is 0 Å². The minimum absolute atomic E-state index is 1.12. The van der Waals surface area contributed by atoms with E-state index in [9.17, 15) is 0 Å². The lowest BCUT2D eigenvalue weighted by molar-refractivity contribution is 1.11. The first kappa shape index (κ1) is 10.2. The van der Waals surface area contributed by atoms with E-state index in [4.69, 9.17) is 0 Å². The lowest BCUT2D eigenvalue weighted by Gasteiger charge is -2.07. The van der Waals surface area contributed by atoms with Crippen LogP contribution in [0, 0.1) is 6.92 Å². The van der Waals surface area contributed by atoms with Crippen LogP contribution in [0.4, 0.5) is 0 Å². The molecule has 0 heterocycles. The molecule has 0 heteroatoms. The second-order valence-corrected chi connectivity index (χ2v) is 4.17. The van der Waals surface area contributed by atoms with Crippen molar-refractivity contribution in [2.45, 2.75) is 33.6 Å². The van der Waals surface area contributed by atoms with E-state index >= 15 is 0 Å². The van der Waals surface area contributed by atoms with Crippen LogP contribution < -0.4 is 0 Å². The molecule has 0 aromatic heterocycles. The highest BCUT2D eigenvalue weighted by Crippen LogP contribution is 2.21. The summed E-state index contributed by atoms with van der Waals surface area (Å²) in [5.41, 5.74) is 4.30.